The Labute approximate surface area is 103 Å². The fourth-order valence-corrected chi connectivity index (χ4v) is 2.52. The van der Waals surface area contributed by atoms with Crippen molar-refractivity contribution in [2.45, 2.75) is 26.3 Å². The van der Waals surface area contributed by atoms with Crippen LogP contribution in [-0.4, -0.2) is 20.1 Å². The molecule has 2 rings (SSSR count). The number of rotatable bonds is 4. The predicted octanol–water partition coefficient (Wildman–Crippen LogP) is 2.78. The lowest BCUT2D eigenvalue weighted by Gasteiger charge is -2.19. The minimum Gasteiger partial charge on any atom is -0.371 e. The lowest BCUT2D eigenvalue weighted by atomic mass is 10.1. The molecule has 1 unspecified atom stereocenters. The van der Waals surface area contributed by atoms with E-state index in [0.29, 0.717) is 0 Å². The molecule has 1 aromatic rings. The van der Waals surface area contributed by atoms with Gasteiger partial charge in [0.25, 0.3) is 0 Å². The van der Waals surface area contributed by atoms with Crippen molar-refractivity contribution in [2.24, 2.45) is 5.92 Å². The van der Waals surface area contributed by atoms with Gasteiger partial charge < -0.3 is 10.2 Å². The smallest absolute Gasteiger partial charge is 0.125 e. The largest absolute Gasteiger partial charge is 0.371 e. The van der Waals surface area contributed by atoms with E-state index in [9.17, 15) is 4.39 Å². The predicted molar refractivity (Wildman–Crippen MR) is 69.8 cm³/mol. The highest BCUT2D eigenvalue weighted by atomic mass is 19.1. The van der Waals surface area contributed by atoms with Crippen molar-refractivity contribution < 1.29 is 4.39 Å². The maximum Gasteiger partial charge on any atom is 0.125 e. The third kappa shape index (κ3) is 2.97. The maximum atomic E-state index is 13.5. The number of nitrogens with one attached hydrogen (secondary N) is 1. The molecule has 17 heavy (non-hydrogen) atoms. The van der Waals surface area contributed by atoms with Crippen LogP contribution in [0.3, 0.4) is 0 Å². The molecule has 1 heterocycles. The van der Waals surface area contributed by atoms with Crippen molar-refractivity contribution in [3.05, 3.63) is 29.6 Å². The zero-order chi connectivity index (χ0) is 12.3. The maximum absolute atomic E-state index is 13.5. The number of benzene rings is 1. The molecule has 0 bridgehead atoms. The first-order valence-corrected chi connectivity index (χ1v) is 6.42. The molecule has 94 valence electrons. The van der Waals surface area contributed by atoms with Crippen LogP contribution in [0.15, 0.2) is 18.2 Å². The molecule has 2 nitrogen and oxygen atoms in total. The molecule has 0 saturated carbocycles. The molecule has 1 aliphatic heterocycles. The van der Waals surface area contributed by atoms with Crippen LogP contribution >= 0.6 is 0 Å². The average Bonchev–Trinajstić information content (AvgIpc) is 2.77. The fraction of sp³-hybridized carbons (Fsp3) is 0.571. The van der Waals surface area contributed by atoms with Crippen LogP contribution in [0, 0.1) is 11.7 Å². The molecule has 0 aliphatic carbocycles. The summed E-state index contributed by atoms with van der Waals surface area (Å²) >= 11 is 0. The summed E-state index contributed by atoms with van der Waals surface area (Å²) in [4.78, 5) is 2.30. The van der Waals surface area contributed by atoms with Crippen LogP contribution in [0.2, 0.25) is 0 Å². The Morgan fingerprint density at radius 3 is 2.88 bits per heavy atom. The van der Waals surface area contributed by atoms with E-state index >= 15 is 0 Å². The highest BCUT2D eigenvalue weighted by molar-refractivity contribution is 5.50. The van der Waals surface area contributed by atoms with Gasteiger partial charge in [0, 0.05) is 25.3 Å². The van der Waals surface area contributed by atoms with Crippen LogP contribution in [0.25, 0.3) is 0 Å². The second-order valence-corrected chi connectivity index (χ2v) is 4.86. The third-order valence-electron chi connectivity index (χ3n) is 3.55. The highest BCUT2D eigenvalue weighted by Crippen LogP contribution is 2.27. The molecular weight excluding hydrogens is 215 g/mol. The van der Waals surface area contributed by atoms with E-state index < -0.39 is 0 Å². The van der Waals surface area contributed by atoms with Crippen LogP contribution in [-0.2, 0) is 6.54 Å². The lowest BCUT2D eigenvalue weighted by Crippen LogP contribution is -2.20. The average molecular weight is 236 g/mol. The van der Waals surface area contributed by atoms with E-state index in [1.807, 2.05) is 7.05 Å². The first kappa shape index (κ1) is 12.4. The first-order valence-electron chi connectivity index (χ1n) is 6.42. The molecule has 1 aromatic carbocycles. The van der Waals surface area contributed by atoms with Crippen LogP contribution < -0.4 is 10.2 Å². The van der Waals surface area contributed by atoms with Crippen molar-refractivity contribution in [3.8, 4) is 0 Å². The van der Waals surface area contributed by atoms with E-state index in [0.717, 1.165) is 36.8 Å². The van der Waals surface area contributed by atoms with Gasteiger partial charge in [-0.05, 0) is 43.1 Å². The number of hydrogen-bond acceptors (Lipinski definition) is 2. The quantitative estimate of drug-likeness (QED) is 0.864. The van der Waals surface area contributed by atoms with Gasteiger partial charge in [-0.1, -0.05) is 13.3 Å². The van der Waals surface area contributed by atoms with Gasteiger partial charge in [0.15, 0.2) is 0 Å². The molecule has 1 aliphatic rings. The molecule has 1 N–H and O–H groups in total. The summed E-state index contributed by atoms with van der Waals surface area (Å²) in [5.41, 5.74) is 2.05. The summed E-state index contributed by atoms with van der Waals surface area (Å²) in [6, 6.07) is 5.35. The van der Waals surface area contributed by atoms with Gasteiger partial charge in [-0.2, -0.15) is 0 Å². The molecular formula is C14H21FN2. The first-order chi connectivity index (χ1) is 8.22. The molecule has 0 radical (unpaired) electrons. The summed E-state index contributed by atoms with van der Waals surface area (Å²) in [5.74, 6) is 0.638. The molecule has 3 heteroatoms. The monoisotopic (exact) mass is 236 g/mol. The summed E-state index contributed by atoms with van der Waals surface area (Å²) in [6.45, 7) is 5.07. The van der Waals surface area contributed by atoms with E-state index in [1.165, 1.54) is 12.8 Å². The fourth-order valence-electron chi connectivity index (χ4n) is 2.52. The van der Waals surface area contributed by atoms with Gasteiger partial charge in [0.1, 0.15) is 5.82 Å². The normalized spacial score (nSPS) is 19.9. The zero-order valence-corrected chi connectivity index (χ0v) is 10.7. The minimum atomic E-state index is -0.132. The number of halogens is 1. The molecule has 1 atom stereocenters. The summed E-state index contributed by atoms with van der Waals surface area (Å²) in [5, 5.41) is 3.06. The van der Waals surface area contributed by atoms with Crippen LogP contribution in [0.4, 0.5) is 10.1 Å². The SMILES string of the molecule is CCC1CCN(c2cc(F)cc(CNC)c2)C1. The minimum absolute atomic E-state index is 0.132. The number of hydrogen-bond donors (Lipinski definition) is 1. The topological polar surface area (TPSA) is 15.3 Å². The molecule has 1 fully saturated rings. The van der Waals surface area contributed by atoms with Crippen molar-refractivity contribution in [3.63, 3.8) is 0 Å². The second kappa shape index (κ2) is 5.50. The van der Waals surface area contributed by atoms with Gasteiger partial charge in [0.05, 0.1) is 0 Å². The number of nitrogens with zero attached hydrogens (tertiary/aromatic N) is 1. The summed E-state index contributed by atoms with van der Waals surface area (Å²) in [6.07, 6.45) is 2.45. The molecule has 1 saturated heterocycles. The summed E-state index contributed by atoms with van der Waals surface area (Å²) < 4.78 is 13.5. The van der Waals surface area contributed by atoms with Gasteiger partial charge >= 0.3 is 0 Å². The van der Waals surface area contributed by atoms with Crippen LogP contribution in [0.1, 0.15) is 25.3 Å². The van der Waals surface area contributed by atoms with E-state index in [4.69, 9.17) is 0 Å². The van der Waals surface area contributed by atoms with Crippen molar-refractivity contribution >= 4 is 5.69 Å². The third-order valence-corrected chi connectivity index (χ3v) is 3.55. The van der Waals surface area contributed by atoms with Gasteiger partial charge in [0.2, 0.25) is 0 Å². The van der Waals surface area contributed by atoms with Gasteiger partial charge in [-0.25, -0.2) is 4.39 Å². The molecule has 0 amide bonds. The zero-order valence-electron chi connectivity index (χ0n) is 10.7. The van der Waals surface area contributed by atoms with Gasteiger partial charge in [-0.15, -0.1) is 0 Å². The van der Waals surface area contributed by atoms with E-state index in [-0.39, 0.29) is 5.82 Å². The van der Waals surface area contributed by atoms with Crippen molar-refractivity contribution in [2.75, 3.05) is 25.0 Å². The second-order valence-electron chi connectivity index (χ2n) is 4.86. The standard InChI is InChI=1S/C14H21FN2/c1-3-11-4-5-17(10-11)14-7-12(9-16-2)6-13(15)8-14/h6-8,11,16H,3-5,9-10H2,1-2H3. The Bertz CT molecular complexity index is 378. The molecule has 0 spiro atoms. The summed E-state index contributed by atoms with van der Waals surface area (Å²) in [7, 11) is 1.88. The Morgan fingerprint density at radius 2 is 2.24 bits per heavy atom. The van der Waals surface area contributed by atoms with Crippen LogP contribution in [0.5, 0.6) is 0 Å². The van der Waals surface area contributed by atoms with E-state index in [1.54, 1.807) is 12.1 Å². The Balaban J connectivity index is 2.15. The van der Waals surface area contributed by atoms with Crippen molar-refractivity contribution in [1.82, 2.24) is 5.32 Å². The molecule has 0 aromatic heterocycles. The lowest BCUT2D eigenvalue weighted by molar-refractivity contribution is 0.569. The van der Waals surface area contributed by atoms with Crippen molar-refractivity contribution in [1.29, 1.82) is 0 Å². The van der Waals surface area contributed by atoms with E-state index in [2.05, 4.69) is 23.2 Å². The number of anilines is 1. The Morgan fingerprint density at radius 1 is 1.41 bits per heavy atom. The Hall–Kier alpha value is -1.09. The highest BCUT2D eigenvalue weighted by Gasteiger charge is 2.21. The van der Waals surface area contributed by atoms with Gasteiger partial charge in [-0.3, -0.25) is 0 Å². The Kier molecular flexibility index (Phi) is 4.00.